The van der Waals surface area contributed by atoms with Gasteiger partial charge in [-0.1, -0.05) is 62.0 Å². The van der Waals surface area contributed by atoms with E-state index in [0.29, 0.717) is 5.92 Å². The topological polar surface area (TPSA) is 58.3 Å². The molecule has 0 amide bonds. The van der Waals surface area contributed by atoms with E-state index in [-0.39, 0.29) is 24.0 Å². The molecule has 6 nitrogen and oxygen atoms in total. The van der Waals surface area contributed by atoms with Crippen LogP contribution in [0.4, 0.5) is 0 Å². The van der Waals surface area contributed by atoms with E-state index in [0.717, 1.165) is 68.9 Å². The van der Waals surface area contributed by atoms with E-state index in [2.05, 4.69) is 88.4 Å². The molecule has 1 aromatic carbocycles. The molecule has 0 spiro atoms. The average molecular weight is 569 g/mol. The van der Waals surface area contributed by atoms with Gasteiger partial charge in [0.1, 0.15) is 5.82 Å². The van der Waals surface area contributed by atoms with Gasteiger partial charge in [-0.15, -0.1) is 34.2 Å². The maximum absolute atomic E-state index is 4.91. The summed E-state index contributed by atoms with van der Waals surface area (Å²) in [5, 5.41) is 13.3. The lowest BCUT2D eigenvalue weighted by molar-refractivity contribution is 0.439. The first kappa shape index (κ1) is 26.7. The Bertz CT molecular complexity index is 878. The summed E-state index contributed by atoms with van der Waals surface area (Å²) in [5.41, 5.74) is 2.76. The van der Waals surface area contributed by atoms with Crippen molar-refractivity contribution in [3.8, 4) is 0 Å². The highest BCUT2D eigenvalue weighted by molar-refractivity contribution is 14.0. The van der Waals surface area contributed by atoms with E-state index in [9.17, 15) is 0 Å². The number of guanidine groups is 1. The molecule has 2 aromatic rings. The van der Waals surface area contributed by atoms with Crippen molar-refractivity contribution < 1.29 is 0 Å². The number of aliphatic imine (C=N–C) groups is 1. The van der Waals surface area contributed by atoms with Gasteiger partial charge in [0.15, 0.2) is 11.1 Å². The monoisotopic (exact) mass is 568 g/mol. The summed E-state index contributed by atoms with van der Waals surface area (Å²) in [6.07, 6.45) is 7.32. The van der Waals surface area contributed by atoms with Crippen LogP contribution in [0.3, 0.4) is 0 Å². The molecule has 1 aliphatic heterocycles. The Morgan fingerprint density at radius 2 is 2.00 bits per heavy atom. The van der Waals surface area contributed by atoms with Gasteiger partial charge in [-0.25, -0.2) is 0 Å². The van der Waals surface area contributed by atoms with E-state index >= 15 is 0 Å². The van der Waals surface area contributed by atoms with Crippen molar-refractivity contribution >= 4 is 47.3 Å². The summed E-state index contributed by atoms with van der Waals surface area (Å²) >= 11 is 1.67. The lowest BCUT2D eigenvalue weighted by atomic mass is 10.00. The van der Waals surface area contributed by atoms with Gasteiger partial charge in [-0.2, -0.15) is 0 Å². The second-order valence-electron chi connectivity index (χ2n) is 8.24. The molecule has 1 aromatic heterocycles. The van der Waals surface area contributed by atoms with Crippen molar-refractivity contribution in [1.82, 2.24) is 25.0 Å². The van der Waals surface area contributed by atoms with Crippen LogP contribution in [-0.2, 0) is 13.0 Å². The fourth-order valence-corrected chi connectivity index (χ4v) is 4.35. The second kappa shape index (κ2) is 13.9. The van der Waals surface area contributed by atoms with E-state index in [1.807, 2.05) is 0 Å². The third kappa shape index (κ3) is 7.50. The number of halogens is 1. The van der Waals surface area contributed by atoms with E-state index in [1.165, 1.54) is 11.1 Å². The van der Waals surface area contributed by atoms with Crippen LogP contribution in [0.2, 0.25) is 0 Å². The van der Waals surface area contributed by atoms with Crippen molar-refractivity contribution in [2.45, 2.75) is 51.7 Å². The second-order valence-corrected chi connectivity index (χ2v) is 9.01. The van der Waals surface area contributed by atoms with Gasteiger partial charge in [-0.3, -0.25) is 4.99 Å². The molecule has 0 fully saturated rings. The number of benzene rings is 1. The number of nitrogens with zero attached hydrogens (tertiary/aromatic N) is 5. The third-order valence-electron chi connectivity index (χ3n) is 5.33. The summed E-state index contributed by atoms with van der Waals surface area (Å²) in [6.45, 7) is 11.1. The Balaban J connectivity index is 0.00000363. The van der Waals surface area contributed by atoms with Gasteiger partial charge in [0.2, 0.25) is 0 Å². The van der Waals surface area contributed by atoms with Gasteiger partial charge < -0.3 is 14.8 Å². The molecule has 1 N–H and O–H groups in total. The molecular weight excluding hydrogens is 531 g/mol. The minimum atomic E-state index is 0. The van der Waals surface area contributed by atoms with Crippen LogP contribution < -0.4 is 5.32 Å². The molecule has 176 valence electrons. The van der Waals surface area contributed by atoms with Crippen molar-refractivity contribution in [3.05, 3.63) is 47.8 Å². The maximum atomic E-state index is 4.91. The molecule has 0 unspecified atom stereocenters. The summed E-state index contributed by atoms with van der Waals surface area (Å²) in [5.74, 6) is 2.66. The Hall–Kier alpha value is -1.55. The van der Waals surface area contributed by atoms with Crippen molar-refractivity contribution in [3.63, 3.8) is 0 Å². The number of aromatic nitrogens is 3. The van der Waals surface area contributed by atoms with Crippen LogP contribution in [0.1, 0.15) is 45.0 Å². The first-order valence-corrected chi connectivity index (χ1v) is 12.6. The van der Waals surface area contributed by atoms with Crippen LogP contribution in [0, 0.1) is 5.92 Å². The zero-order valence-corrected chi connectivity index (χ0v) is 22.9. The summed E-state index contributed by atoms with van der Waals surface area (Å²) in [7, 11) is 0. The van der Waals surface area contributed by atoms with Crippen LogP contribution in [0.5, 0.6) is 0 Å². The minimum Gasteiger partial charge on any atom is -0.357 e. The van der Waals surface area contributed by atoms with Gasteiger partial charge in [-0.05, 0) is 43.1 Å². The van der Waals surface area contributed by atoms with Gasteiger partial charge in [0.05, 0.1) is 0 Å². The predicted molar refractivity (Wildman–Crippen MR) is 147 cm³/mol. The lowest BCUT2D eigenvalue weighted by Gasteiger charge is -2.30. The SMILES string of the molecule is CCNC(=NCCCc1nnc(SC)n1CC(C)C)N1CC=C(c2ccccc2)CC1.I. The molecule has 0 radical (unpaired) electrons. The number of hydrogen-bond donors (Lipinski definition) is 1. The molecule has 0 aliphatic carbocycles. The zero-order chi connectivity index (χ0) is 22.1. The first-order valence-electron chi connectivity index (χ1n) is 11.4. The van der Waals surface area contributed by atoms with Gasteiger partial charge in [0.25, 0.3) is 0 Å². The normalized spacial score (nSPS) is 14.3. The van der Waals surface area contributed by atoms with Gasteiger partial charge >= 0.3 is 0 Å². The van der Waals surface area contributed by atoms with Crippen LogP contribution >= 0.6 is 35.7 Å². The first-order chi connectivity index (χ1) is 15.1. The highest BCUT2D eigenvalue weighted by Gasteiger charge is 2.16. The Kier molecular flexibility index (Phi) is 11.6. The highest BCUT2D eigenvalue weighted by atomic mass is 127. The zero-order valence-electron chi connectivity index (χ0n) is 19.8. The molecule has 2 heterocycles. The Labute approximate surface area is 214 Å². The predicted octanol–water partition coefficient (Wildman–Crippen LogP) is 4.96. The van der Waals surface area contributed by atoms with E-state index < -0.39 is 0 Å². The number of aryl methyl sites for hydroxylation is 1. The number of rotatable bonds is 9. The summed E-state index contributed by atoms with van der Waals surface area (Å²) in [6, 6.07) is 10.7. The lowest BCUT2D eigenvalue weighted by Crippen LogP contribution is -2.43. The number of thioether (sulfide) groups is 1. The van der Waals surface area contributed by atoms with Crippen LogP contribution in [-0.4, -0.2) is 58.1 Å². The standard InChI is InChI=1S/C24H36N6S.HI/c1-5-25-23(29-16-13-21(14-17-29)20-10-7-6-8-11-20)26-15-9-12-22-27-28-24(31-4)30(22)18-19(2)3;/h6-8,10-11,13,19H,5,9,12,14-18H2,1-4H3,(H,25,26);1H. The quantitative estimate of drug-likeness (QED) is 0.152. The number of hydrogen-bond acceptors (Lipinski definition) is 4. The van der Waals surface area contributed by atoms with E-state index in [4.69, 9.17) is 4.99 Å². The third-order valence-corrected chi connectivity index (χ3v) is 6.00. The fraction of sp³-hybridized carbons (Fsp3) is 0.542. The molecule has 0 saturated heterocycles. The van der Waals surface area contributed by atoms with Crippen molar-refractivity contribution in [1.29, 1.82) is 0 Å². The van der Waals surface area contributed by atoms with Crippen molar-refractivity contribution in [2.24, 2.45) is 10.9 Å². The van der Waals surface area contributed by atoms with Gasteiger partial charge in [0, 0.05) is 39.1 Å². The fourth-order valence-electron chi connectivity index (χ4n) is 3.83. The summed E-state index contributed by atoms with van der Waals surface area (Å²) < 4.78 is 2.27. The number of nitrogens with one attached hydrogen (secondary N) is 1. The minimum absolute atomic E-state index is 0. The maximum Gasteiger partial charge on any atom is 0.194 e. The smallest absolute Gasteiger partial charge is 0.194 e. The molecule has 0 atom stereocenters. The molecule has 0 bridgehead atoms. The molecule has 0 saturated carbocycles. The van der Waals surface area contributed by atoms with Crippen LogP contribution in [0.25, 0.3) is 5.57 Å². The van der Waals surface area contributed by atoms with Crippen molar-refractivity contribution in [2.75, 3.05) is 32.4 Å². The molecular formula is C24H37IN6S. The average Bonchev–Trinajstić information content (AvgIpc) is 3.17. The molecule has 32 heavy (non-hydrogen) atoms. The highest BCUT2D eigenvalue weighted by Crippen LogP contribution is 2.22. The van der Waals surface area contributed by atoms with Crippen LogP contribution in [0.15, 0.2) is 46.6 Å². The van der Waals surface area contributed by atoms with E-state index in [1.54, 1.807) is 11.8 Å². The summed E-state index contributed by atoms with van der Waals surface area (Å²) in [4.78, 5) is 7.26. The Morgan fingerprint density at radius 3 is 2.62 bits per heavy atom. The largest absolute Gasteiger partial charge is 0.357 e. The Morgan fingerprint density at radius 1 is 1.22 bits per heavy atom. The molecule has 1 aliphatic rings. The molecule has 3 rings (SSSR count). The molecule has 8 heteroatoms.